The highest BCUT2D eigenvalue weighted by Gasteiger charge is 2.17. The highest BCUT2D eigenvalue weighted by atomic mass is 16.4. The molecule has 5 heteroatoms. The lowest BCUT2D eigenvalue weighted by atomic mass is 9.77. The van der Waals surface area contributed by atoms with Crippen LogP contribution in [-0.2, 0) is 0 Å². The predicted molar refractivity (Wildman–Crippen MR) is 118 cm³/mol. The fraction of sp³-hybridized carbons (Fsp3) is 0. The third kappa shape index (κ3) is 3.16. The Bertz CT molecular complexity index is 1240. The van der Waals surface area contributed by atoms with Gasteiger partial charge in [0.15, 0.2) is 0 Å². The van der Waals surface area contributed by atoms with Crippen molar-refractivity contribution in [3.63, 3.8) is 0 Å². The van der Waals surface area contributed by atoms with E-state index in [1.54, 1.807) is 24.5 Å². The second-order valence-corrected chi connectivity index (χ2v) is 6.98. The summed E-state index contributed by atoms with van der Waals surface area (Å²) in [6, 6.07) is 25.6. The SMILES string of the molecule is OB(O)c1cc(-c2nccc3ccccc23)cc(-c2nccc3ccccc23)c1. The van der Waals surface area contributed by atoms with Gasteiger partial charge in [-0.15, -0.1) is 0 Å². The van der Waals surface area contributed by atoms with Gasteiger partial charge in [0, 0.05) is 34.3 Å². The lowest BCUT2D eigenvalue weighted by Gasteiger charge is -2.12. The van der Waals surface area contributed by atoms with E-state index < -0.39 is 7.12 Å². The fourth-order valence-corrected chi connectivity index (χ4v) is 3.77. The average molecular weight is 376 g/mol. The first kappa shape index (κ1) is 17.6. The summed E-state index contributed by atoms with van der Waals surface area (Å²) in [5, 5.41) is 24.0. The molecule has 2 N–H and O–H groups in total. The average Bonchev–Trinajstić information content (AvgIpc) is 2.78. The van der Waals surface area contributed by atoms with Crippen molar-refractivity contribution < 1.29 is 10.0 Å². The Morgan fingerprint density at radius 2 is 1.07 bits per heavy atom. The van der Waals surface area contributed by atoms with Crippen molar-refractivity contribution in [3.05, 3.63) is 91.3 Å². The molecule has 5 aromatic rings. The molecule has 29 heavy (non-hydrogen) atoms. The highest BCUT2D eigenvalue weighted by molar-refractivity contribution is 6.58. The van der Waals surface area contributed by atoms with Gasteiger partial charge >= 0.3 is 7.12 Å². The largest absolute Gasteiger partial charge is 0.488 e. The normalized spacial score (nSPS) is 11.1. The minimum atomic E-state index is -1.58. The van der Waals surface area contributed by atoms with E-state index in [2.05, 4.69) is 9.97 Å². The molecule has 0 aliphatic rings. The van der Waals surface area contributed by atoms with Crippen LogP contribution >= 0.6 is 0 Å². The van der Waals surface area contributed by atoms with E-state index in [1.165, 1.54) is 0 Å². The number of nitrogens with zero attached hydrogens (tertiary/aromatic N) is 2. The van der Waals surface area contributed by atoms with Crippen molar-refractivity contribution in [2.75, 3.05) is 0 Å². The quantitative estimate of drug-likeness (QED) is 0.470. The number of rotatable bonds is 3. The van der Waals surface area contributed by atoms with Crippen LogP contribution in [0.5, 0.6) is 0 Å². The van der Waals surface area contributed by atoms with Crippen molar-refractivity contribution in [2.24, 2.45) is 0 Å². The van der Waals surface area contributed by atoms with Gasteiger partial charge in [-0.1, -0.05) is 60.7 Å². The van der Waals surface area contributed by atoms with E-state index >= 15 is 0 Å². The van der Waals surface area contributed by atoms with E-state index in [9.17, 15) is 10.0 Å². The summed E-state index contributed by atoms with van der Waals surface area (Å²) in [6.07, 6.45) is 3.55. The van der Waals surface area contributed by atoms with Gasteiger partial charge in [-0.2, -0.15) is 0 Å². The van der Waals surface area contributed by atoms with Gasteiger partial charge < -0.3 is 10.0 Å². The first-order valence-electron chi connectivity index (χ1n) is 9.40. The zero-order valence-electron chi connectivity index (χ0n) is 15.5. The molecule has 2 aromatic heterocycles. The summed E-state index contributed by atoms with van der Waals surface area (Å²) >= 11 is 0. The fourth-order valence-electron chi connectivity index (χ4n) is 3.77. The molecule has 138 valence electrons. The Morgan fingerprint density at radius 1 is 0.586 bits per heavy atom. The minimum Gasteiger partial charge on any atom is -0.423 e. The van der Waals surface area contributed by atoms with Gasteiger partial charge in [0.2, 0.25) is 0 Å². The highest BCUT2D eigenvalue weighted by Crippen LogP contribution is 2.31. The Hall–Kier alpha value is -3.54. The van der Waals surface area contributed by atoms with Crippen LogP contribution in [0.2, 0.25) is 0 Å². The number of hydrogen-bond acceptors (Lipinski definition) is 4. The van der Waals surface area contributed by atoms with E-state index in [0.717, 1.165) is 44.1 Å². The Balaban J connectivity index is 1.79. The minimum absolute atomic E-state index is 0.405. The maximum Gasteiger partial charge on any atom is 0.488 e. The number of fused-ring (bicyclic) bond motifs is 2. The number of aromatic nitrogens is 2. The summed E-state index contributed by atoms with van der Waals surface area (Å²) in [7, 11) is -1.58. The molecule has 0 fully saturated rings. The van der Waals surface area contributed by atoms with Gasteiger partial charge in [0.25, 0.3) is 0 Å². The molecule has 2 heterocycles. The van der Waals surface area contributed by atoms with Crippen LogP contribution in [0, 0.1) is 0 Å². The van der Waals surface area contributed by atoms with E-state index in [4.69, 9.17) is 0 Å². The summed E-state index contributed by atoms with van der Waals surface area (Å²) in [6.45, 7) is 0. The lowest BCUT2D eigenvalue weighted by Crippen LogP contribution is -2.30. The molecule has 0 spiro atoms. The molecule has 0 atom stereocenters. The molecule has 0 bridgehead atoms. The van der Waals surface area contributed by atoms with Crippen LogP contribution in [0.25, 0.3) is 44.1 Å². The molecule has 3 aromatic carbocycles. The lowest BCUT2D eigenvalue weighted by molar-refractivity contribution is 0.426. The Morgan fingerprint density at radius 3 is 1.55 bits per heavy atom. The molecule has 0 radical (unpaired) electrons. The summed E-state index contributed by atoms with van der Waals surface area (Å²) in [5.74, 6) is 0. The number of pyridine rings is 2. The molecule has 0 amide bonds. The smallest absolute Gasteiger partial charge is 0.423 e. The predicted octanol–water partition coefficient (Wildman–Crippen LogP) is 3.80. The topological polar surface area (TPSA) is 66.2 Å². The monoisotopic (exact) mass is 376 g/mol. The number of benzene rings is 3. The molecule has 0 aliphatic carbocycles. The first-order chi connectivity index (χ1) is 14.2. The third-order valence-electron chi connectivity index (χ3n) is 5.15. The maximum absolute atomic E-state index is 9.91. The van der Waals surface area contributed by atoms with Crippen LogP contribution in [0.3, 0.4) is 0 Å². The van der Waals surface area contributed by atoms with Crippen molar-refractivity contribution in [1.29, 1.82) is 0 Å². The molecule has 0 saturated carbocycles. The van der Waals surface area contributed by atoms with Crippen molar-refractivity contribution in [2.45, 2.75) is 0 Å². The van der Waals surface area contributed by atoms with Crippen LogP contribution in [-0.4, -0.2) is 27.1 Å². The van der Waals surface area contributed by atoms with Gasteiger partial charge in [-0.25, -0.2) is 0 Å². The van der Waals surface area contributed by atoms with Crippen LogP contribution in [0.15, 0.2) is 91.3 Å². The molecule has 5 rings (SSSR count). The van der Waals surface area contributed by atoms with Gasteiger partial charge in [-0.05, 0) is 34.4 Å². The second kappa shape index (κ2) is 7.13. The molecular weight excluding hydrogens is 359 g/mol. The second-order valence-electron chi connectivity index (χ2n) is 6.98. The summed E-state index contributed by atoms with van der Waals surface area (Å²) in [5.41, 5.74) is 3.63. The molecule has 0 unspecified atom stereocenters. The van der Waals surface area contributed by atoms with Gasteiger partial charge in [-0.3, -0.25) is 9.97 Å². The zero-order valence-corrected chi connectivity index (χ0v) is 15.5. The number of hydrogen-bond donors (Lipinski definition) is 2. The van der Waals surface area contributed by atoms with Crippen LogP contribution in [0.4, 0.5) is 0 Å². The first-order valence-corrected chi connectivity index (χ1v) is 9.40. The van der Waals surface area contributed by atoms with Crippen molar-refractivity contribution in [1.82, 2.24) is 9.97 Å². The Kier molecular flexibility index (Phi) is 4.32. The van der Waals surface area contributed by atoms with Crippen LogP contribution < -0.4 is 5.46 Å². The molecule has 4 nitrogen and oxygen atoms in total. The maximum atomic E-state index is 9.91. The molecule has 0 aliphatic heterocycles. The molecule has 0 saturated heterocycles. The van der Waals surface area contributed by atoms with Gasteiger partial charge in [0.1, 0.15) is 0 Å². The van der Waals surface area contributed by atoms with Crippen molar-refractivity contribution >= 4 is 34.1 Å². The van der Waals surface area contributed by atoms with E-state index in [1.807, 2.05) is 66.7 Å². The zero-order chi connectivity index (χ0) is 19.8. The van der Waals surface area contributed by atoms with Gasteiger partial charge in [0.05, 0.1) is 11.4 Å². The Labute approximate surface area is 168 Å². The molecular formula is C24H17BN2O2. The van der Waals surface area contributed by atoms with Crippen LogP contribution in [0.1, 0.15) is 0 Å². The van der Waals surface area contributed by atoms with E-state index in [-0.39, 0.29) is 0 Å². The summed E-state index contributed by atoms with van der Waals surface area (Å²) in [4.78, 5) is 9.18. The summed E-state index contributed by atoms with van der Waals surface area (Å²) < 4.78 is 0. The van der Waals surface area contributed by atoms with E-state index in [0.29, 0.717) is 5.46 Å². The third-order valence-corrected chi connectivity index (χ3v) is 5.15. The standard InChI is InChI=1S/C24H17BN2O2/c28-25(29)20-14-18(23-21-7-3-1-5-16(21)9-11-26-23)13-19(15-20)24-22-8-4-2-6-17(22)10-12-27-24/h1-15,28-29H. The van der Waals surface area contributed by atoms with Crippen molar-refractivity contribution in [3.8, 4) is 22.5 Å².